The Balaban J connectivity index is 1.89. The van der Waals surface area contributed by atoms with E-state index in [1.54, 1.807) is 36.5 Å². The van der Waals surface area contributed by atoms with Crippen LogP contribution in [0, 0.1) is 12.8 Å². The molecule has 1 unspecified atom stereocenters. The van der Waals surface area contributed by atoms with Gasteiger partial charge in [-0.15, -0.1) is 0 Å². The second-order valence-corrected chi connectivity index (χ2v) is 6.88. The summed E-state index contributed by atoms with van der Waals surface area (Å²) >= 11 is 0. The number of rotatable bonds is 5. The molecule has 2 heterocycles. The van der Waals surface area contributed by atoms with Crippen LogP contribution in [0.1, 0.15) is 46.5 Å². The highest BCUT2D eigenvalue weighted by Gasteiger charge is 2.42. The van der Waals surface area contributed by atoms with Gasteiger partial charge in [-0.2, -0.15) is 0 Å². The molecule has 6 heteroatoms. The van der Waals surface area contributed by atoms with Crippen LogP contribution in [0.3, 0.4) is 0 Å². The van der Waals surface area contributed by atoms with E-state index < -0.39 is 23.8 Å². The summed E-state index contributed by atoms with van der Waals surface area (Å²) in [6.07, 6.45) is 2.03. The summed E-state index contributed by atoms with van der Waals surface area (Å²) in [6, 6.07) is 9.29. The molecule has 0 aliphatic carbocycles. The van der Waals surface area contributed by atoms with Crippen LogP contribution in [0.5, 0.6) is 0 Å². The van der Waals surface area contributed by atoms with Gasteiger partial charge in [0.2, 0.25) is 5.91 Å². The number of hydrogen-bond acceptors (Lipinski definition) is 4. The number of nitrogens with one attached hydrogen (secondary N) is 1. The molecule has 0 spiro atoms. The van der Waals surface area contributed by atoms with Gasteiger partial charge in [0.05, 0.1) is 11.1 Å². The first-order valence-electron chi connectivity index (χ1n) is 8.59. The van der Waals surface area contributed by atoms with Crippen LogP contribution < -0.4 is 5.32 Å². The molecule has 3 rings (SSSR count). The van der Waals surface area contributed by atoms with E-state index in [1.807, 2.05) is 26.8 Å². The number of anilines is 1. The van der Waals surface area contributed by atoms with Crippen LogP contribution >= 0.6 is 0 Å². The highest BCUT2D eigenvalue weighted by atomic mass is 16.2. The molecule has 0 saturated heterocycles. The maximum absolute atomic E-state index is 12.9. The molecule has 3 amide bonds. The minimum Gasteiger partial charge on any atom is -0.309 e. The third-order valence-electron chi connectivity index (χ3n) is 4.30. The maximum atomic E-state index is 12.9. The molecule has 0 bridgehead atoms. The minimum absolute atomic E-state index is 0.126. The normalized spacial score (nSPS) is 14.5. The van der Waals surface area contributed by atoms with Crippen molar-refractivity contribution in [2.45, 2.75) is 33.2 Å². The lowest BCUT2D eigenvalue weighted by molar-refractivity contribution is -0.120. The highest BCUT2D eigenvalue weighted by Crippen LogP contribution is 2.27. The molecule has 2 aromatic rings. The van der Waals surface area contributed by atoms with Crippen molar-refractivity contribution in [3.05, 3.63) is 59.3 Å². The van der Waals surface area contributed by atoms with Crippen molar-refractivity contribution >= 4 is 23.5 Å². The van der Waals surface area contributed by atoms with Crippen LogP contribution in [-0.2, 0) is 4.79 Å². The molecular weight excluding hydrogens is 330 g/mol. The molecule has 1 aromatic carbocycles. The quantitative estimate of drug-likeness (QED) is 0.840. The Bertz CT molecular complexity index is 824. The Kier molecular flexibility index (Phi) is 4.84. The van der Waals surface area contributed by atoms with Gasteiger partial charge in [0.15, 0.2) is 0 Å². The molecule has 26 heavy (non-hydrogen) atoms. The van der Waals surface area contributed by atoms with Gasteiger partial charge in [0.1, 0.15) is 11.9 Å². The number of amides is 3. The Hall–Kier alpha value is -3.02. The maximum Gasteiger partial charge on any atom is 0.262 e. The monoisotopic (exact) mass is 351 g/mol. The number of carbonyl (C=O) groups is 3. The number of imide groups is 1. The van der Waals surface area contributed by atoms with E-state index in [-0.39, 0.29) is 5.92 Å². The summed E-state index contributed by atoms with van der Waals surface area (Å²) in [6.45, 7) is 5.80. The second kappa shape index (κ2) is 7.07. The summed E-state index contributed by atoms with van der Waals surface area (Å²) in [5, 5.41) is 2.72. The van der Waals surface area contributed by atoms with Crippen LogP contribution in [0.25, 0.3) is 0 Å². The van der Waals surface area contributed by atoms with Gasteiger partial charge in [0, 0.05) is 6.20 Å². The number of nitrogens with zero attached hydrogens (tertiary/aromatic N) is 2. The predicted octanol–water partition coefficient (Wildman–Crippen LogP) is 3.04. The zero-order chi connectivity index (χ0) is 18.8. The predicted molar refractivity (Wildman–Crippen MR) is 97.8 cm³/mol. The van der Waals surface area contributed by atoms with Crippen LogP contribution in [0.15, 0.2) is 42.6 Å². The van der Waals surface area contributed by atoms with Gasteiger partial charge in [-0.1, -0.05) is 32.0 Å². The third-order valence-corrected chi connectivity index (χ3v) is 4.30. The van der Waals surface area contributed by atoms with Crippen LogP contribution in [0.4, 0.5) is 5.82 Å². The van der Waals surface area contributed by atoms with Crippen molar-refractivity contribution in [1.29, 1.82) is 0 Å². The van der Waals surface area contributed by atoms with Crippen molar-refractivity contribution in [2.24, 2.45) is 5.92 Å². The van der Waals surface area contributed by atoms with E-state index >= 15 is 0 Å². The first-order chi connectivity index (χ1) is 12.4. The second-order valence-electron chi connectivity index (χ2n) is 6.88. The summed E-state index contributed by atoms with van der Waals surface area (Å²) in [5.74, 6) is -0.747. The lowest BCUT2D eigenvalue weighted by Crippen LogP contribution is -2.48. The van der Waals surface area contributed by atoms with E-state index in [2.05, 4.69) is 10.3 Å². The van der Waals surface area contributed by atoms with Crippen molar-refractivity contribution in [3.63, 3.8) is 0 Å². The molecule has 0 saturated carbocycles. The Morgan fingerprint density at radius 3 is 2.19 bits per heavy atom. The zero-order valence-electron chi connectivity index (χ0n) is 15.0. The number of hydrogen-bond donors (Lipinski definition) is 1. The van der Waals surface area contributed by atoms with E-state index in [9.17, 15) is 14.4 Å². The first-order valence-corrected chi connectivity index (χ1v) is 8.59. The Morgan fingerprint density at radius 1 is 1.08 bits per heavy atom. The topological polar surface area (TPSA) is 79.4 Å². The summed E-state index contributed by atoms with van der Waals surface area (Å²) < 4.78 is 0. The van der Waals surface area contributed by atoms with E-state index in [4.69, 9.17) is 0 Å². The molecule has 0 fully saturated rings. The SMILES string of the molecule is Cc1ccc(NC(=O)C(CC(C)C)N2C(=O)c3ccccc3C2=O)nc1. The van der Waals surface area contributed by atoms with E-state index in [0.717, 1.165) is 10.5 Å². The zero-order valence-corrected chi connectivity index (χ0v) is 15.0. The summed E-state index contributed by atoms with van der Waals surface area (Å²) in [4.78, 5) is 43.6. The molecule has 1 aromatic heterocycles. The van der Waals surface area contributed by atoms with Crippen LogP contribution in [0.2, 0.25) is 0 Å². The highest BCUT2D eigenvalue weighted by molar-refractivity contribution is 6.23. The van der Waals surface area contributed by atoms with Crippen molar-refractivity contribution in [2.75, 3.05) is 5.32 Å². The fraction of sp³-hybridized carbons (Fsp3) is 0.300. The molecule has 0 radical (unpaired) electrons. The number of benzene rings is 1. The lowest BCUT2D eigenvalue weighted by atomic mass is 10.0. The van der Waals surface area contributed by atoms with Gasteiger partial charge < -0.3 is 5.32 Å². The van der Waals surface area contributed by atoms with Crippen LogP contribution in [-0.4, -0.2) is 33.6 Å². The van der Waals surface area contributed by atoms with E-state index in [1.165, 1.54) is 0 Å². The van der Waals surface area contributed by atoms with E-state index in [0.29, 0.717) is 23.4 Å². The molecule has 1 aliphatic heterocycles. The Labute approximate surface area is 152 Å². The van der Waals surface area contributed by atoms with Gasteiger partial charge in [0.25, 0.3) is 11.8 Å². The van der Waals surface area contributed by atoms with Gasteiger partial charge in [-0.3, -0.25) is 19.3 Å². The molecule has 1 atom stereocenters. The number of pyridine rings is 1. The molecule has 6 nitrogen and oxygen atoms in total. The number of fused-ring (bicyclic) bond motifs is 1. The average molecular weight is 351 g/mol. The van der Waals surface area contributed by atoms with Gasteiger partial charge in [-0.05, 0) is 43.0 Å². The minimum atomic E-state index is -0.884. The van der Waals surface area contributed by atoms with Crippen molar-refractivity contribution in [1.82, 2.24) is 9.88 Å². The van der Waals surface area contributed by atoms with Gasteiger partial charge >= 0.3 is 0 Å². The smallest absolute Gasteiger partial charge is 0.262 e. The number of aryl methyl sites for hydroxylation is 1. The third kappa shape index (κ3) is 3.35. The Morgan fingerprint density at radius 2 is 1.69 bits per heavy atom. The molecule has 1 N–H and O–H groups in total. The molecular formula is C20H21N3O3. The standard InChI is InChI=1S/C20H21N3O3/c1-12(2)10-16(18(24)22-17-9-8-13(3)11-21-17)23-19(25)14-6-4-5-7-15(14)20(23)26/h4-9,11-12,16H,10H2,1-3H3,(H,21,22,24). The fourth-order valence-electron chi connectivity index (χ4n) is 3.02. The largest absolute Gasteiger partial charge is 0.309 e. The van der Waals surface area contributed by atoms with Gasteiger partial charge in [-0.25, -0.2) is 4.98 Å². The fourth-order valence-corrected chi connectivity index (χ4v) is 3.02. The number of aromatic nitrogens is 1. The lowest BCUT2D eigenvalue weighted by Gasteiger charge is -2.26. The number of carbonyl (C=O) groups excluding carboxylic acids is 3. The molecule has 134 valence electrons. The average Bonchev–Trinajstić information content (AvgIpc) is 2.86. The molecule has 1 aliphatic rings. The van der Waals surface area contributed by atoms with Crippen molar-refractivity contribution < 1.29 is 14.4 Å². The summed E-state index contributed by atoms with van der Waals surface area (Å²) in [7, 11) is 0. The first kappa shape index (κ1) is 17.8. The van der Waals surface area contributed by atoms with Crippen molar-refractivity contribution in [3.8, 4) is 0 Å². The summed E-state index contributed by atoms with van der Waals surface area (Å²) in [5.41, 5.74) is 1.65.